The third-order valence-electron chi connectivity index (χ3n) is 6.08. The van der Waals surface area contributed by atoms with Crippen LogP contribution >= 0.6 is 0 Å². The zero-order valence-electron chi connectivity index (χ0n) is 22.3. The molecule has 0 fully saturated rings. The molecule has 216 valence electrons. The fraction of sp³-hybridized carbons (Fsp3) is 0.367. The van der Waals surface area contributed by atoms with Crippen LogP contribution in [0.5, 0.6) is 11.5 Å². The highest BCUT2D eigenvalue weighted by Crippen LogP contribution is 2.29. The fourth-order valence-electron chi connectivity index (χ4n) is 4.20. The number of phenolic OH excluding ortho intramolecular Hbond substituents is 1. The molecule has 3 rings (SSSR count). The standard InChI is InChI=1S/C29H35N3O6S.CH4/c1-4-38-27-11-6-5-10-23(27)18-30-28(35)15-20-8-7-9-21(14-20)17-29(2,3)31-19-26(34)22-12-13-25(33)24(16-22)32-39(36)37;/h5-14,16,26,31,33-34H,4,15,17-19H2,1-3H3,(H,30,35);1H4/t26-;/m0./s1. The normalized spacial score (nSPS) is 11.7. The Kier molecular flexibility index (Phi) is 12.3. The van der Waals surface area contributed by atoms with Crippen LogP contribution in [0.25, 0.3) is 0 Å². The van der Waals surface area contributed by atoms with Crippen molar-refractivity contribution in [1.29, 1.82) is 0 Å². The molecule has 0 aliphatic rings. The van der Waals surface area contributed by atoms with Crippen LogP contribution in [0.15, 0.2) is 71.1 Å². The van der Waals surface area contributed by atoms with E-state index in [0.29, 0.717) is 25.1 Å². The van der Waals surface area contributed by atoms with Crippen LogP contribution in [-0.2, 0) is 34.7 Å². The fourth-order valence-corrected chi connectivity index (χ4v) is 4.51. The molecule has 3 aromatic rings. The number of carbonyl (C=O) groups excluding carboxylic acids is 1. The van der Waals surface area contributed by atoms with Gasteiger partial charge in [0.1, 0.15) is 17.2 Å². The number of benzene rings is 3. The number of aliphatic hydroxyl groups excluding tert-OH is 1. The van der Waals surface area contributed by atoms with Crippen LogP contribution in [0.2, 0.25) is 0 Å². The summed E-state index contributed by atoms with van der Waals surface area (Å²) in [4.78, 5) is 12.6. The number of β-amino-alcohol motifs (C(OH)–C–C–N with tert-alkyl or cyclic N) is 1. The molecule has 0 aliphatic heterocycles. The van der Waals surface area contributed by atoms with E-state index in [4.69, 9.17) is 4.74 Å². The highest BCUT2D eigenvalue weighted by molar-refractivity contribution is 7.61. The van der Waals surface area contributed by atoms with Crippen molar-refractivity contribution in [2.45, 2.75) is 59.2 Å². The second kappa shape index (κ2) is 15.2. The molecule has 0 radical (unpaired) electrons. The third kappa shape index (κ3) is 10.1. The monoisotopic (exact) mass is 569 g/mol. The Morgan fingerprint density at radius 2 is 1.77 bits per heavy atom. The van der Waals surface area contributed by atoms with E-state index in [1.807, 2.05) is 69.3 Å². The number of ether oxygens (including phenoxy) is 1. The lowest BCUT2D eigenvalue weighted by Gasteiger charge is -2.28. The quantitative estimate of drug-likeness (QED) is 0.236. The Labute approximate surface area is 237 Å². The number of hydrogen-bond donors (Lipinski definition) is 4. The molecule has 0 bridgehead atoms. The Hall–Kier alpha value is -3.73. The molecule has 4 N–H and O–H groups in total. The SMILES string of the molecule is C.CCOc1ccccc1CNC(=O)Cc1cccc(CC(C)(C)NC[C@H](O)c2ccc(O)c(N=S(=O)=O)c2)c1. The Morgan fingerprint density at radius 1 is 1.05 bits per heavy atom. The lowest BCUT2D eigenvalue weighted by Crippen LogP contribution is -2.43. The van der Waals surface area contributed by atoms with Gasteiger partial charge in [-0.15, -0.1) is 4.36 Å². The van der Waals surface area contributed by atoms with Crippen molar-refractivity contribution >= 4 is 22.1 Å². The second-order valence-electron chi connectivity index (χ2n) is 9.83. The summed E-state index contributed by atoms with van der Waals surface area (Å²) in [6.07, 6.45) is -0.0521. The number of nitrogens with one attached hydrogen (secondary N) is 2. The zero-order chi connectivity index (χ0) is 28.4. The number of rotatable bonds is 13. The van der Waals surface area contributed by atoms with E-state index in [0.717, 1.165) is 22.4 Å². The van der Waals surface area contributed by atoms with E-state index in [1.165, 1.54) is 18.2 Å². The minimum absolute atomic E-state index is 0. The maximum atomic E-state index is 12.6. The van der Waals surface area contributed by atoms with Crippen molar-refractivity contribution in [3.05, 3.63) is 89.0 Å². The predicted molar refractivity (Wildman–Crippen MR) is 156 cm³/mol. The van der Waals surface area contributed by atoms with E-state index < -0.39 is 22.1 Å². The van der Waals surface area contributed by atoms with E-state index in [9.17, 15) is 23.4 Å². The maximum Gasteiger partial charge on any atom is 0.316 e. The van der Waals surface area contributed by atoms with Gasteiger partial charge in [-0.3, -0.25) is 4.79 Å². The van der Waals surface area contributed by atoms with Crippen LogP contribution in [0.1, 0.15) is 56.6 Å². The van der Waals surface area contributed by atoms with E-state index >= 15 is 0 Å². The van der Waals surface area contributed by atoms with Crippen LogP contribution in [0.3, 0.4) is 0 Å². The summed E-state index contributed by atoms with van der Waals surface area (Å²) in [6.45, 7) is 7.08. The van der Waals surface area contributed by atoms with E-state index in [-0.39, 0.29) is 37.7 Å². The number of nitrogens with zero attached hydrogens (tertiary/aromatic N) is 1. The Balaban J connectivity index is 0.00000560. The lowest BCUT2D eigenvalue weighted by molar-refractivity contribution is -0.120. The van der Waals surface area contributed by atoms with Gasteiger partial charge in [-0.2, -0.15) is 8.42 Å². The molecular formula is C30H39N3O6S. The minimum atomic E-state index is -2.72. The summed E-state index contributed by atoms with van der Waals surface area (Å²) in [5, 5.41) is 26.7. The summed E-state index contributed by atoms with van der Waals surface area (Å²) in [7, 11) is -2.72. The average Bonchev–Trinajstić information content (AvgIpc) is 2.88. The molecule has 10 heteroatoms. The molecule has 0 unspecified atom stereocenters. The van der Waals surface area contributed by atoms with Crippen molar-refractivity contribution in [2.24, 2.45) is 4.36 Å². The Bertz CT molecular complexity index is 1410. The predicted octanol–water partition coefficient (Wildman–Crippen LogP) is 4.62. The Morgan fingerprint density at radius 3 is 2.50 bits per heavy atom. The number of para-hydroxylation sites is 1. The molecule has 3 aromatic carbocycles. The largest absolute Gasteiger partial charge is 0.506 e. The summed E-state index contributed by atoms with van der Waals surface area (Å²) >= 11 is 0. The van der Waals surface area contributed by atoms with Crippen LogP contribution in [-0.4, -0.2) is 43.2 Å². The number of aromatic hydroxyl groups is 1. The van der Waals surface area contributed by atoms with Gasteiger partial charge in [0.05, 0.1) is 19.1 Å². The zero-order valence-corrected chi connectivity index (χ0v) is 23.2. The summed E-state index contributed by atoms with van der Waals surface area (Å²) in [6, 6.07) is 19.6. The highest BCUT2D eigenvalue weighted by Gasteiger charge is 2.21. The van der Waals surface area contributed by atoms with Gasteiger partial charge < -0.3 is 25.6 Å². The van der Waals surface area contributed by atoms with Crippen molar-refractivity contribution in [3.63, 3.8) is 0 Å². The molecule has 0 saturated carbocycles. The van der Waals surface area contributed by atoms with Crippen LogP contribution in [0, 0.1) is 0 Å². The van der Waals surface area contributed by atoms with Gasteiger partial charge in [-0.25, -0.2) is 0 Å². The molecule has 0 saturated heterocycles. The molecule has 0 spiro atoms. The van der Waals surface area contributed by atoms with Crippen molar-refractivity contribution < 1.29 is 28.2 Å². The topological polar surface area (TPSA) is 137 Å². The number of aliphatic hydroxyl groups is 1. The van der Waals surface area contributed by atoms with Crippen molar-refractivity contribution in [2.75, 3.05) is 13.2 Å². The van der Waals surface area contributed by atoms with Gasteiger partial charge in [0.15, 0.2) is 0 Å². The van der Waals surface area contributed by atoms with Crippen molar-refractivity contribution in [3.8, 4) is 11.5 Å². The number of hydrogen-bond acceptors (Lipinski definition) is 8. The van der Waals surface area contributed by atoms with Gasteiger partial charge >= 0.3 is 10.5 Å². The highest BCUT2D eigenvalue weighted by atomic mass is 32.2. The van der Waals surface area contributed by atoms with E-state index in [2.05, 4.69) is 15.0 Å². The molecule has 0 aliphatic carbocycles. The smallest absolute Gasteiger partial charge is 0.316 e. The molecule has 9 nitrogen and oxygen atoms in total. The van der Waals surface area contributed by atoms with E-state index in [1.54, 1.807) is 0 Å². The average molecular weight is 570 g/mol. The van der Waals surface area contributed by atoms with Gasteiger partial charge in [-0.1, -0.05) is 56.0 Å². The summed E-state index contributed by atoms with van der Waals surface area (Å²) in [5.41, 5.74) is 2.77. The summed E-state index contributed by atoms with van der Waals surface area (Å²) < 4.78 is 30.7. The maximum absolute atomic E-state index is 12.6. The first-order valence-corrected chi connectivity index (χ1v) is 13.7. The van der Waals surface area contributed by atoms with Gasteiger partial charge in [0.25, 0.3) is 0 Å². The summed E-state index contributed by atoms with van der Waals surface area (Å²) in [5.74, 6) is 0.397. The van der Waals surface area contributed by atoms with Gasteiger partial charge in [0, 0.05) is 24.2 Å². The first-order valence-electron chi connectivity index (χ1n) is 12.7. The molecule has 0 heterocycles. The van der Waals surface area contributed by atoms with Gasteiger partial charge in [0.2, 0.25) is 5.91 Å². The molecule has 1 amide bonds. The first kappa shape index (κ1) is 32.5. The number of phenols is 1. The lowest BCUT2D eigenvalue weighted by atomic mass is 9.93. The molecular weight excluding hydrogens is 530 g/mol. The third-order valence-corrected chi connectivity index (χ3v) is 6.43. The molecule has 1 atom stereocenters. The first-order chi connectivity index (χ1) is 18.6. The van der Waals surface area contributed by atoms with Crippen molar-refractivity contribution in [1.82, 2.24) is 10.6 Å². The van der Waals surface area contributed by atoms with Crippen LogP contribution < -0.4 is 15.4 Å². The van der Waals surface area contributed by atoms with Crippen LogP contribution in [0.4, 0.5) is 5.69 Å². The second-order valence-corrected chi connectivity index (χ2v) is 10.4. The number of carbonyl (C=O) groups is 1. The molecule has 0 aromatic heterocycles. The van der Waals surface area contributed by atoms with Gasteiger partial charge in [-0.05, 0) is 62.1 Å². The number of amides is 1. The molecule has 40 heavy (non-hydrogen) atoms. The minimum Gasteiger partial charge on any atom is -0.506 e.